The van der Waals surface area contributed by atoms with E-state index in [-0.39, 0.29) is 202 Å². The molecule has 3 rings (SSSR count). The maximum Gasteiger partial charge on any atom is 0.319 e. The van der Waals surface area contributed by atoms with Crippen LogP contribution in [0.4, 0.5) is 0 Å². The van der Waals surface area contributed by atoms with Gasteiger partial charge in [0.1, 0.15) is 51.0 Å². The Bertz CT molecular complexity index is 1790. The average Bonchev–Trinajstić information content (AvgIpc) is 0.928. The molecule has 0 spiro atoms. The van der Waals surface area contributed by atoms with Gasteiger partial charge < -0.3 is 115 Å². The molecule has 3 saturated heterocycles. The van der Waals surface area contributed by atoms with E-state index in [1.165, 1.54) is 7.11 Å². The minimum atomic E-state index is -2.94. The van der Waals surface area contributed by atoms with Gasteiger partial charge in [-0.1, -0.05) is 62.3 Å². The van der Waals surface area contributed by atoms with Gasteiger partial charge in [-0.05, 0) is 105 Å². The van der Waals surface area contributed by atoms with Crippen molar-refractivity contribution in [1.29, 1.82) is 0 Å². The van der Waals surface area contributed by atoms with Gasteiger partial charge in [0.15, 0.2) is 12.6 Å². The van der Waals surface area contributed by atoms with Gasteiger partial charge in [-0.15, -0.1) is 0 Å². The van der Waals surface area contributed by atoms with E-state index in [4.69, 9.17) is 79.9 Å². The standard InChI is InChI=1S/C28H57O19P3.C13H27O5P.C12H28NOP.C3H8O3.C2H6.4Y/c1-18-23(31)25(33)21(14-29)45-27(18)39-10-6-4-8-12-41-49(36)43-16-20(47-48(35)38-3)17-44-50(37)42-13-9-5-7-11-40-28-19(2)24(32)26(34)22(15-30)46-28;1-6-11(7-2)18-19(14)16-8-12-13(15-5)9(3)10(4)17-12;1-8-12(9-2)14-15(7)13(10(3)4)11(5)6;4-1-3(6)2-5;1-2;;;;/h18-34,48-50H,4-17H2,1-3H3;9-13,19H,6-8H2,1-5H3;10-12H,8-9H2,1-7H3;3-6H,1-2H2;1-2H3;;;;/t;9-,10-,12+,13-;;;;;;;/m.0......./s1. The van der Waals surface area contributed by atoms with Gasteiger partial charge >= 0.3 is 33.0 Å². The summed E-state index contributed by atoms with van der Waals surface area (Å²) in [6, 6.07) is 1.13. The van der Waals surface area contributed by atoms with Crippen molar-refractivity contribution in [2.24, 2.45) is 17.8 Å². The van der Waals surface area contributed by atoms with Crippen molar-refractivity contribution in [2.45, 2.75) is 265 Å². The molecule has 38 heteroatoms. The Hall–Kier alpha value is 4.77. The van der Waals surface area contributed by atoms with Crippen LogP contribution < -0.4 is 0 Å². The number of nitrogens with zero attached hydrogens (tertiary/aromatic N) is 1. The van der Waals surface area contributed by atoms with Gasteiger partial charge in [-0.3, -0.25) is 22.9 Å². The van der Waals surface area contributed by atoms with Crippen molar-refractivity contribution in [2.75, 3.05) is 93.6 Å². The normalized spacial score (nSPS) is 26.6. The van der Waals surface area contributed by atoms with Gasteiger partial charge in [0.2, 0.25) is 0 Å². The van der Waals surface area contributed by atoms with E-state index < -0.39 is 128 Å². The fourth-order valence-corrected chi connectivity index (χ4v) is 14.4. The van der Waals surface area contributed by atoms with Crippen molar-refractivity contribution in [1.82, 2.24) is 4.67 Å². The fraction of sp³-hybridized carbons (Fsp3) is 1.00. The third-order valence-corrected chi connectivity index (χ3v) is 20.7. The molecule has 0 aromatic heterocycles. The van der Waals surface area contributed by atoms with Gasteiger partial charge in [0.05, 0.1) is 96.1 Å². The number of ether oxygens (including phenoxy) is 6. The van der Waals surface area contributed by atoms with Crippen molar-refractivity contribution < 1.29 is 264 Å². The van der Waals surface area contributed by atoms with Crippen molar-refractivity contribution in [3.63, 3.8) is 0 Å². The molecule has 15 unspecified atom stereocenters. The number of hydrogen-bond acceptors (Lipinski definition) is 29. The molecule has 3 aliphatic heterocycles. The zero-order valence-electron chi connectivity index (χ0n) is 60.4. The zero-order valence-corrected chi connectivity index (χ0v) is 76.6. The molecule has 9 N–H and O–H groups in total. The molecule has 0 amide bonds. The molecule has 0 bridgehead atoms. The molecular weight excluding hydrogens is 1670 g/mol. The monoisotopic (exact) mass is 1800 g/mol. The fourth-order valence-electron chi connectivity index (χ4n) is 9.37. The molecule has 3 aliphatic rings. The molecule has 29 nitrogen and oxygen atoms in total. The molecule has 568 valence electrons. The third kappa shape index (κ3) is 48.3. The minimum absolute atomic E-state index is 0. The van der Waals surface area contributed by atoms with Crippen molar-refractivity contribution >= 4 is 41.3 Å². The van der Waals surface area contributed by atoms with Gasteiger partial charge in [-0.2, -0.15) is 0 Å². The first-order valence-corrected chi connectivity index (χ1v) is 39.2. The Balaban J connectivity index is -0.000000359. The number of unbranched alkanes of at least 4 members (excludes halogenated alkanes) is 4. The first-order valence-electron chi connectivity index (χ1n) is 32.6. The van der Waals surface area contributed by atoms with Crippen LogP contribution in [-0.4, -0.2) is 248 Å². The summed E-state index contributed by atoms with van der Waals surface area (Å²) in [5.41, 5.74) is 0. The largest absolute Gasteiger partial charge is 0.394 e. The Kier molecular flexibility index (Phi) is 80.3. The summed E-state index contributed by atoms with van der Waals surface area (Å²) in [5, 5.41) is 82.6. The predicted molar refractivity (Wildman–Crippen MR) is 353 cm³/mol. The van der Waals surface area contributed by atoms with Crippen LogP contribution >= 0.6 is 41.3 Å². The SMILES string of the molecule is CC.CCC(CC)OP(C)N(C(C)C)C(C)C.CCC(CC)O[PH](=O)OC[C@H]1O[C@@H](C)[C@H](C)[C@@H]1OC.CO[PH](=O)OC(CO[PH](=O)OCCCCCOC1OC(CO)C(O)C(O)C1C)CO[PH](=O)OCCCCCOC1OC(CO)C(O)C(O)C1C.OCC(O)CO.[Y].[Y].[Y].[Y]. The van der Waals surface area contributed by atoms with E-state index in [9.17, 15) is 48.9 Å². The molecule has 19 atom stereocenters. The van der Waals surface area contributed by atoms with Gasteiger partial charge in [0, 0.05) is 188 Å². The van der Waals surface area contributed by atoms with E-state index in [2.05, 4.69) is 64.3 Å². The first-order chi connectivity index (χ1) is 43.7. The number of hydrogen-bond donors (Lipinski definition) is 9. The van der Waals surface area contributed by atoms with Crippen LogP contribution in [0.25, 0.3) is 0 Å². The second kappa shape index (κ2) is 69.0. The van der Waals surface area contributed by atoms with Crippen LogP contribution in [0.2, 0.25) is 0 Å². The van der Waals surface area contributed by atoms with E-state index in [1.54, 1.807) is 21.0 Å². The number of aliphatic hydroxyl groups excluding tert-OH is 9. The maximum absolute atomic E-state index is 12.2. The molecule has 96 heavy (non-hydrogen) atoms. The first kappa shape index (κ1) is 112. The Morgan fingerprint density at radius 3 is 1.24 bits per heavy atom. The van der Waals surface area contributed by atoms with Crippen LogP contribution in [-0.2, 0) is 218 Å². The van der Waals surface area contributed by atoms with Crippen LogP contribution in [0.15, 0.2) is 0 Å². The molecule has 3 fully saturated rings. The van der Waals surface area contributed by atoms with Crippen molar-refractivity contribution in [3.8, 4) is 0 Å². The Morgan fingerprint density at radius 2 is 0.896 bits per heavy atom. The Labute approximate surface area is 679 Å². The molecular formula is C58H126NO28P5Y4. The topological polar surface area (TPSA) is 392 Å². The Morgan fingerprint density at radius 1 is 0.500 bits per heavy atom. The summed E-state index contributed by atoms with van der Waals surface area (Å²) in [7, 11) is -8.85. The second-order valence-electron chi connectivity index (χ2n) is 22.7. The molecule has 0 aromatic rings. The van der Waals surface area contributed by atoms with E-state index in [0.29, 0.717) is 75.8 Å². The second-order valence-corrected chi connectivity index (χ2v) is 28.6. The van der Waals surface area contributed by atoms with Gasteiger partial charge in [0.25, 0.3) is 0 Å². The van der Waals surface area contributed by atoms with Crippen LogP contribution in [0.3, 0.4) is 0 Å². The van der Waals surface area contributed by atoms with E-state index in [1.807, 2.05) is 34.6 Å². The van der Waals surface area contributed by atoms with Gasteiger partial charge in [-0.25, -0.2) is 0 Å². The van der Waals surface area contributed by atoms with Crippen LogP contribution in [0.1, 0.15) is 161 Å². The summed E-state index contributed by atoms with van der Waals surface area (Å²) >= 11 is 0. The average molecular weight is 1800 g/mol. The summed E-state index contributed by atoms with van der Waals surface area (Å²) in [6.07, 6.45) is -2.07. The van der Waals surface area contributed by atoms with E-state index >= 15 is 0 Å². The van der Waals surface area contributed by atoms with Crippen LogP contribution in [0.5, 0.6) is 0 Å². The summed E-state index contributed by atoms with van der Waals surface area (Å²) in [4.78, 5) is 0. The number of methoxy groups -OCH3 is 1. The molecule has 3 heterocycles. The summed E-state index contributed by atoms with van der Waals surface area (Å²) in [5.74, 6) is -0.663. The van der Waals surface area contributed by atoms with Crippen molar-refractivity contribution in [3.05, 3.63) is 0 Å². The molecule has 0 saturated carbocycles. The number of rotatable bonds is 44. The smallest absolute Gasteiger partial charge is 0.319 e. The van der Waals surface area contributed by atoms with Crippen LogP contribution in [0, 0.1) is 17.8 Å². The summed E-state index contributed by atoms with van der Waals surface area (Å²) < 4.78 is 131. The quantitative estimate of drug-likeness (QED) is 0.0212. The zero-order chi connectivity index (χ0) is 70.5. The molecule has 4 radical (unpaired) electrons. The summed E-state index contributed by atoms with van der Waals surface area (Å²) in [6.45, 7) is 29.9. The third-order valence-electron chi connectivity index (χ3n) is 15.0. The minimum Gasteiger partial charge on any atom is -0.394 e. The molecule has 0 aliphatic carbocycles. The number of aliphatic hydroxyl groups is 9. The van der Waals surface area contributed by atoms with E-state index in [0.717, 1.165) is 25.7 Å². The maximum atomic E-state index is 12.2. The molecule has 0 aromatic carbocycles. The predicted octanol–water partition coefficient (Wildman–Crippen LogP) is 7.41.